The standard InChI is InChI=1S/C13H18O3S/c1-10-3-5-12(6-4-10)16-7-8-17-9-11(2)13(14)15/h3-6,11H,7-9H2,1-2H3,(H,14,15). The molecule has 1 aromatic carbocycles. The maximum atomic E-state index is 10.6. The Morgan fingerprint density at radius 1 is 1.41 bits per heavy atom. The molecule has 0 saturated carbocycles. The SMILES string of the molecule is Cc1ccc(OCCSCC(C)C(=O)O)cc1. The topological polar surface area (TPSA) is 46.5 Å². The Balaban J connectivity index is 2.12. The van der Waals surface area contributed by atoms with E-state index in [-0.39, 0.29) is 5.92 Å². The lowest BCUT2D eigenvalue weighted by molar-refractivity contribution is -0.140. The number of carbonyl (C=O) groups is 1. The van der Waals surface area contributed by atoms with E-state index < -0.39 is 5.97 Å². The summed E-state index contributed by atoms with van der Waals surface area (Å²) in [5.41, 5.74) is 1.21. The van der Waals surface area contributed by atoms with Gasteiger partial charge in [0.25, 0.3) is 0 Å². The second-order valence-corrected chi connectivity index (χ2v) is 5.13. The van der Waals surface area contributed by atoms with Gasteiger partial charge in [-0.25, -0.2) is 0 Å². The highest BCUT2D eigenvalue weighted by Crippen LogP contribution is 2.13. The third kappa shape index (κ3) is 5.63. The maximum absolute atomic E-state index is 10.6. The molecule has 4 heteroatoms. The van der Waals surface area contributed by atoms with Gasteiger partial charge in [-0.3, -0.25) is 4.79 Å². The molecule has 17 heavy (non-hydrogen) atoms. The second kappa shape index (κ2) is 7.22. The third-order valence-corrected chi connectivity index (χ3v) is 3.50. The van der Waals surface area contributed by atoms with Crippen molar-refractivity contribution in [1.82, 2.24) is 0 Å². The van der Waals surface area contributed by atoms with Gasteiger partial charge in [0, 0.05) is 11.5 Å². The molecule has 0 bridgehead atoms. The molecule has 3 nitrogen and oxygen atoms in total. The fraction of sp³-hybridized carbons (Fsp3) is 0.462. The van der Waals surface area contributed by atoms with Crippen LogP contribution in [0.25, 0.3) is 0 Å². The van der Waals surface area contributed by atoms with E-state index in [0.29, 0.717) is 12.4 Å². The predicted molar refractivity (Wildman–Crippen MR) is 70.8 cm³/mol. The van der Waals surface area contributed by atoms with E-state index in [1.54, 1.807) is 18.7 Å². The normalized spacial score (nSPS) is 12.1. The summed E-state index contributed by atoms with van der Waals surface area (Å²) < 4.78 is 5.54. The zero-order chi connectivity index (χ0) is 12.7. The van der Waals surface area contributed by atoms with Crippen LogP contribution in [0.4, 0.5) is 0 Å². The van der Waals surface area contributed by atoms with Crippen LogP contribution in [0.5, 0.6) is 5.75 Å². The summed E-state index contributed by atoms with van der Waals surface area (Å²) >= 11 is 1.61. The van der Waals surface area contributed by atoms with Crippen LogP contribution >= 0.6 is 11.8 Å². The van der Waals surface area contributed by atoms with Gasteiger partial charge in [-0.2, -0.15) is 11.8 Å². The van der Waals surface area contributed by atoms with Gasteiger partial charge in [0.1, 0.15) is 5.75 Å². The number of carboxylic acids is 1. The van der Waals surface area contributed by atoms with Crippen molar-refractivity contribution in [3.63, 3.8) is 0 Å². The molecule has 1 aromatic rings. The van der Waals surface area contributed by atoms with Gasteiger partial charge in [0.2, 0.25) is 0 Å². The van der Waals surface area contributed by atoms with E-state index >= 15 is 0 Å². The average molecular weight is 254 g/mol. The molecular weight excluding hydrogens is 236 g/mol. The zero-order valence-electron chi connectivity index (χ0n) is 10.2. The minimum absolute atomic E-state index is 0.292. The highest BCUT2D eigenvalue weighted by molar-refractivity contribution is 7.99. The highest BCUT2D eigenvalue weighted by atomic mass is 32.2. The Bertz CT molecular complexity index is 348. The number of rotatable bonds is 7. The van der Waals surface area contributed by atoms with Gasteiger partial charge in [-0.05, 0) is 19.1 Å². The first-order valence-electron chi connectivity index (χ1n) is 5.59. The highest BCUT2D eigenvalue weighted by Gasteiger charge is 2.09. The number of aliphatic carboxylic acids is 1. The molecule has 1 unspecified atom stereocenters. The third-order valence-electron chi connectivity index (χ3n) is 2.31. The van der Waals surface area contributed by atoms with Gasteiger partial charge >= 0.3 is 5.97 Å². The van der Waals surface area contributed by atoms with Crippen LogP contribution in [0.3, 0.4) is 0 Å². The number of hydrogen-bond donors (Lipinski definition) is 1. The van der Waals surface area contributed by atoms with Crippen LogP contribution in [-0.4, -0.2) is 29.2 Å². The minimum atomic E-state index is -0.739. The lowest BCUT2D eigenvalue weighted by atomic mass is 10.2. The molecule has 1 N–H and O–H groups in total. The van der Waals surface area contributed by atoms with E-state index in [1.165, 1.54) is 5.56 Å². The van der Waals surface area contributed by atoms with Crippen LogP contribution in [0.15, 0.2) is 24.3 Å². The number of benzene rings is 1. The van der Waals surface area contributed by atoms with Gasteiger partial charge in [0.05, 0.1) is 12.5 Å². The summed E-state index contributed by atoms with van der Waals surface area (Å²) in [6.45, 7) is 4.36. The quantitative estimate of drug-likeness (QED) is 0.760. The lowest BCUT2D eigenvalue weighted by Crippen LogP contribution is -2.13. The smallest absolute Gasteiger partial charge is 0.307 e. The monoisotopic (exact) mass is 254 g/mol. The molecule has 94 valence electrons. The molecule has 0 fully saturated rings. The van der Waals surface area contributed by atoms with Crippen LogP contribution in [-0.2, 0) is 4.79 Å². The Kier molecular flexibility index (Phi) is 5.91. The first-order chi connectivity index (χ1) is 8.09. The van der Waals surface area contributed by atoms with Crippen LogP contribution < -0.4 is 4.74 Å². The molecule has 1 rings (SSSR count). The molecular formula is C13H18O3S. The lowest BCUT2D eigenvalue weighted by Gasteiger charge is -2.07. The Morgan fingerprint density at radius 3 is 2.65 bits per heavy atom. The fourth-order valence-corrected chi connectivity index (χ4v) is 2.05. The summed E-state index contributed by atoms with van der Waals surface area (Å²) in [6, 6.07) is 7.91. The van der Waals surface area contributed by atoms with Crippen molar-refractivity contribution in [2.24, 2.45) is 5.92 Å². The van der Waals surface area contributed by atoms with Gasteiger partial charge in [0.15, 0.2) is 0 Å². The summed E-state index contributed by atoms with van der Waals surface area (Å²) in [4.78, 5) is 10.6. The van der Waals surface area contributed by atoms with Crippen LogP contribution in [0.2, 0.25) is 0 Å². The van der Waals surface area contributed by atoms with Crippen molar-refractivity contribution in [1.29, 1.82) is 0 Å². The van der Waals surface area contributed by atoms with E-state index in [2.05, 4.69) is 0 Å². The first kappa shape index (κ1) is 13.9. The van der Waals surface area contributed by atoms with Crippen molar-refractivity contribution in [2.75, 3.05) is 18.1 Å². The molecule has 1 atom stereocenters. The van der Waals surface area contributed by atoms with E-state index in [9.17, 15) is 4.79 Å². The molecule has 0 aliphatic rings. The summed E-state index contributed by atoms with van der Waals surface area (Å²) in [6.07, 6.45) is 0. The molecule has 0 saturated heterocycles. The number of carboxylic acid groups (broad SMARTS) is 1. The van der Waals surface area contributed by atoms with Crippen molar-refractivity contribution in [3.8, 4) is 5.75 Å². The molecule has 0 radical (unpaired) electrons. The summed E-state index contributed by atoms with van der Waals surface area (Å²) in [7, 11) is 0. The number of thioether (sulfide) groups is 1. The fourth-order valence-electron chi connectivity index (χ4n) is 1.18. The Hall–Kier alpha value is -1.16. The second-order valence-electron chi connectivity index (χ2n) is 3.98. The summed E-state index contributed by atoms with van der Waals surface area (Å²) in [5, 5.41) is 8.70. The van der Waals surface area contributed by atoms with Crippen LogP contribution in [0.1, 0.15) is 12.5 Å². The van der Waals surface area contributed by atoms with Crippen molar-refractivity contribution < 1.29 is 14.6 Å². The maximum Gasteiger partial charge on any atom is 0.307 e. The molecule has 0 heterocycles. The minimum Gasteiger partial charge on any atom is -0.493 e. The molecule has 0 amide bonds. The predicted octanol–water partition coefficient (Wildman–Crippen LogP) is 2.83. The molecule has 0 aromatic heterocycles. The van der Waals surface area contributed by atoms with E-state index in [0.717, 1.165) is 11.5 Å². The molecule has 0 aliphatic carbocycles. The zero-order valence-corrected chi connectivity index (χ0v) is 11.0. The van der Waals surface area contributed by atoms with Gasteiger partial charge in [-0.15, -0.1) is 0 Å². The van der Waals surface area contributed by atoms with Crippen molar-refractivity contribution >= 4 is 17.7 Å². The van der Waals surface area contributed by atoms with Crippen LogP contribution in [0, 0.1) is 12.8 Å². The Morgan fingerprint density at radius 2 is 2.06 bits per heavy atom. The van der Waals surface area contributed by atoms with E-state index in [4.69, 9.17) is 9.84 Å². The number of hydrogen-bond acceptors (Lipinski definition) is 3. The van der Waals surface area contributed by atoms with Gasteiger partial charge < -0.3 is 9.84 Å². The van der Waals surface area contributed by atoms with Crippen molar-refractivity contribution in [3.05, 3.63) is 29.8 Å². The van der Waals surface area contributed by atoms with Crippen molar-refractivity contribution in [2.45, 2.75) is 13.8 Å². The number of aryl methyl sites for hydroxylation is 1. The van der Waals surface area contributed by atoms with E-state index in [1.807, 2.05) is 31.2 Å². The average Bonchev–Trinajstić information content (AvgIpc) is 2.30. The molecule has 0 spiro atoms. The summed E-state index contributed by atoms with van der Waals surface area (Å²) in [5.74, 6) is 1.27. The first-order valence-corrected chi connectivity index (χ1v) is 6.75. The van der Waals surface area contributed by atoms with Gasteiger partial charge in [-0.1, -0.05) is 24.6 Å². The largest absolute Gasteiger partial charge is 0.493 e. The number of ether oxygens (including phenoxy) is 1. The molecule has 0 aliphatic heterocycles. The Labute approximate surface area is 106 Å².